The molecule has 0 bridgehead atoms. The lowest BCUT2D eigenvalue weighted by Crippen LogP contribution is -2.25. The van der Waals surface area contributed by atoms with Gasteiger partial charge in [0.15, 0.2) is 5.69 Å². The maximum atomic E-state index is 12.5. The summed E-state index contributed by atoms with van der Waals surface area (Å²) in [5.74, 6) is -0.641. The van der Waals surface area contributed by atoms with E-state index in [-0.39, 0.29) is 5.69 Å². The van der Waals surface area contributed by atoms with Gasteiger partial charge in [0.25, 0.3) is 0 Å². The van der Waals surface area contributed by atoms with Crippen LogP contribution in [-0.4, -0.2) is 29.0 Å². The van der Waals surface area contributed by atoms with E-state index in [1.807, 2.05) is 0 Å². The van der Waals surface area contributed by atoms with Crippen LogP contribution in [0.4, 0.5) is 13.2 Å². The molecule has 0 fully saturated rings. The normalized spacial score (nSPS) is 19.0. The van der Waals surface area contributed by atoms with Gasteiger partial charge in [0, 0.05) is 18.0 Å². The Kier molecular flexibility index (Phi) is 3.48. The number of nitrogens with zero attached hydrogens (tertiary/aromatic N) is 2. The Hall–Kier alpha value is -1.64. The first-order chi connectivity index (χ1) is 8.84. The summed E-state index contributed by atoms with van der Waals surface area (Å²) in [6.45, 7) is 0. The predicted molar refractivity (Wildman–Crippen MR) is 62.2 cm³/mol. The molecule has 19 heavy (non-hydrogen) atoms. The molecule has 5 nitrogen and oxygen atoms in total. The monoisotopic (exact) mass is 293 g/mol. The molecule has 0 aromatic carbocycles. The number of hydrogen-bond acceptors (Lipinski definition) is 5. The largest absolute Gasteiger partial charge is 0.464 e. The molecule has 0 saturated heterocycles. The van der Waals surface area contributed by atoms with Crippen LogP contribution in [0.2, 0.25) is 0 Å². The molecule has 0 radical (unpaired) electrons. The van der Waals surface area contributed by atoms with Gasteiger partial charge in [-0.3, -0.25) is 4.68 Å². The number of aromatic nitrogens is 2. The zero-order chi connectivity index (χ0) is 14.2. The Morgan fingerprint density at radius 3 is 2.79 bits per heavy atom. The van der Waals surface area contributed by atoms with E-state index in [2.05, 4.69) is 15.2 Å². The average Bonchev–Trinajstić information content (AvgIpc) is 2.93. The number of thioether (sulfide) groups is 1. The van der Waals surface area contributed by atoms with Gasteiger partial charge < -0.3 is 10.1 Å². The third-order valence-electron chi connectivity index (χ3n) is 2.54. The Morgan fingerprint density at radius 2 is 2.26 bits per heavy atom. The smallest absolute Gasteiger partial charge is 0.431 e. The number of esters is 1. The summed E-state index contributed by atoms with van der Waals surface area (Å²) in [6.07, 6.45) is -3.08. The number of carbonyl (C=O) groups excluding carboxylic acids is 1. The van der Waals surface area contributed by atoms with E-state index in [0.717, 1.165) is 17.2 Å². The van der Waals surface area contributed by atoms with Crippen molar-refractivity contribution in [1.29, 1.82) is 0 Å². The number of allylic oxidation sites excluding steroid dienone is 1. The molecule has 9 heteroatoms. The first kappa shape index (κ1) is 13.8. The highest BCUT2D eigenvalue weighted by Gasteiger charge is 2.39. The number of nitrogens with one attached hydrogen (secondary N) is 1. The highest BCUT2D eigenvalue weighted by molar-refractivity contribution is 8.02. The van der Waals surface area contributed by atoms with Gasteiger partial charge >= 0.3 is 12.1 Å². The number of methoxy groups -OCH3 is 1. The number of carbonyl (C=O) groups is 1. The lowest BCUT2D eigenvalue weighted by molar-refractivity contribution is -0.0963. The van der Waals surface area contributed by atoms with E-state index in [4.69, 9.17) is 0 Å². The fourth-order valence-electron chi connectivity index (χ4n) is 1.64. The summed E-state index contributed by atoms with van der Waals surface area (Å²) in [5.41, 5.74) is -0.346. The second kappa shape index (κ2) is 4.80. The van der Waals surface area contributed by atoms with Crippen LogP contribution >= 0.6 is 11.8 Å². The van der Waals surface area contributed by atoms with E-state index < -0.39 is 23.2 Å². The second-order valence-corrected chi connectivity index (χ2v) is 4.73. The second-order valence-electron chi connectivity index (χ2n) is 3.75. The van der Waals surface area contributed by atoms with Crippen LogP contribution in [-0.2, 0) is 11.8 Å². The molecular formula is C10H10F3N3O2S. The lowest BCUT2D eigenvalue weighted by atomic mass is 10.2. The minimum Gasteiger partial charge on any atom is -0.464 e. The van der Waals surface area contributed by atoms with Gasteiger partial charge in [-0.1, -0.05) is 0 Å². The maximum Gasteiger partial charge on any atom is 0.431 e. The van der Waals surface area contributed by atoms with Crippen LogP contribution in [0.5, 0.6) is 0 Å². The van der Waals surface area contributed by atoms with Crippen LogP contribution in [0.25, 0.3) is 0 Å². The minimum atomic E-state index is -4.44. The Labute approximate surface area is 110 Å². The molecule has 0 amide bonds. The zero-order valence-corrected chi connectivity index (χ0v) is 10.8. The van der Waals surface area contributed by atoms with Gasteiger partial charge in [0.05, 0.1) is 13.3 Å². The lowest BCUT2D eigenvalue weighted by Gasteiger charge is -2.14. The topological polar surface area (TPSA) is 56.1 Å². The molecular weight excluding hydrogens is 283 g/mol. The standard InChI is InChI=1S/C10H10F3N3O2S/c1-16-7(9(17)18-2)5(3-14-16)8-15-6(4-19-8)10(11,12)13/h3-4,8,15H,1-2H3. The van der Waals surface area contributed by atoms with Gasteiger partial charge in [-0.2, -0.15) is 18.3 Å². The number of hydrogen-bond donors (Lipinski definition) is 1. The van der Waals surface area contributed by atoms with Crippen molar-refractivity contribution >= 4 is 17.7 Å². The van der Waals surface area contributed by atoms with E-state index in [1.165, 1.54) is 25.0 Å². The average molecular weight is 293 g/mol. The van der Waals surface area contributed by atoms with Crippen molar-refractivity contribution in [2.24, 2.45) is 7.05 Å². The van der Waals surface area contributed by atoms with E-state index in [1.54, 1.807) is 0 Å². The van der Waals surface area contributed by atoms with E-state index >= 15 is 0 Å². The van der Waals surface area contributed by atoms with Crippen LogP contribution in [0.3, 0.4) is 0 Å². The first-order valence-electron chi connectivity index (χ1n) is 5.14. The van der Waals surface area contributed by atoms with Crippen LogP contribution in [0.1, 0.15) is 21.4 Å². The van der Waals surface area contributed by atoms with E-state index in [0.29, 0.717) is 5.56 Å². The third kappa shape index (κ3) is 2.55. The molecule has 0 aliphatic carbocycles. The van der Waals surface area contributed by atoms with Gasteiger partial charge in [-0.15, -0.1) is 11.8 Å². The molecule has 1 aliphatic heterocycles. The summed E-state index contributed by atoms with van der Waals surface area (Å²) in [6, 6.07) is 0. The summed E-state index contributed by atoms with van der Waals surface area (Å²) in [4.78, 5) is 11.6. The van der Waals surface area contributed by atoms with Crippen LogP contribution in [0, 0.1) is 0 Å². The van der Waals surface area contributed by atoms with Gasteiger partial charge in [-0.05, 0) is 0 Å². The third-order valence-corrected chi connectivity index (χ3v) is 3.56. The summed E-state index contributed by atoms with van der Waals surface area (Å²) in [5, 5.41) is 6.47. The molecule has 0 saturated carbocycles. The van der Waals surface area contributed by atoms with Crippen molar-refractivity contribution in [3.05, 3.63) is 28.6 Å². The number of aryl methyl sites for hydroxylation is 1. The zero-order valence-electron chi connectivity index (χ0n) is 9.99. The SMILES string of the molecule is COC(=O)c1c(C2NC(C(F)(F)F)=CS2)cnn1C. The van der Waals surface area contributed by atoms with Gasteiger partial charge in [0.2, 0.25) is 0 Å². The van der Waals surface area contributed by atoms with Crippen molar-refractivity contribution in [3.63, 3.8) is 0 Å². The van der Waals surface area contributed by atoms with Crippen molar-refractivity contribution in [3.8, 4) is 0 Å². The molecule has 1 aliphatic rings. The highest BCUT2D eigenvalue weighted by atomic mass is 32.2. The van der Waals surface area contributed by atoms with Crippen molar-refractivity contribution in [2.75, 3.05) is 7.11 Å². The number of halogens is 3. The van der Waals surface area contributed by atoms with Gasteiger partial charge in [-0.25, -0.2) is 4.79 Å². The molecule has 2 heterocycles. The van der Waals surface area contributed by atoms with Crippen LogP contribution in [0.15, 0.2) is 17.3 Å². The predicted octanol–water partition coefficient (Wildman–Crippen LogP) is 1.95. The molecule has 1 atom stereocenters. The molecule has 2 rings (SSSR count). The molecule has 1 aromatic rings. The molecule has 1 aromatic heterocycles. The number of ether oxygens (including phenoxy) is 1. The summed E-state index contributed by atoms with van der Waals surface area (Å²) in [7, 11) is 2.72. The summed E-state index contributed by atoms with van der Waals surface area (Å²) >= 11 is 0.932. The highest BCUT2D eigenvalue weighted by Crippen LogP contribution is 2.40. The van der Waals surface area contributed by atoms with Crippen molar-refractivity contribution in [2.45, 2.75) is 11.6 Å². The quantitative estimate of drug-likeness (QED) is 0.845. The molecule has 0 spiro atoms. The van der Waals surface area contributed by atoms with E-state index in [9.17, 15) is 18.0 Å². The maximum absolute atomic E-state index is 12.5. The fourth-order valence-corrected chi connectivity index (χ4v) is 2.63. The fraction of sp³-hybridized carbons (Fsp3) is 0.400. The van der Waals surface area contributed by atoms with Crippen molar-refractivity contribution in [1.82, 2.24) is 15.1 Å². The van der Waals surface area contributed by atoms with Crippen molar-refractivity contribution < 1.29 is 22.7 Å². The first-order valence-corrected chi connectivity index (χ1v) is 6.08. The molecule has 104 valence electrons. The van der Waals surface area contributed by atoms with Crippen LogP contribution < -0.4 is 5.32 Å². The minimum absolute atomic E-state index is 0.129. The number of alkyl halides is 3. The molecule has 1 N–H and O–H groups in total. The molecule has 1 unspecified atom stereocenters. The Morgan fingerprint density at radius 1 is 1.58 bits per heavy atom. The van der Waals surface area contributed by atoms with Gasteiger partial charge in [0.1, 0.15) is 11.1 Å². The Bertz CT molecular complexity index is 539. The summed E-state index contributed by atoms with van der Waals surface area (Å²) < 4.78 is 43.4. The number of rotatable bonds is 2. The Balaban J connectivity index is 2.25.